The fraction of sp³-hybridized carbons (Fsp3) is 0.685. The second-order valence-corrected chi connectivity index (χ2v) is 18.1. The Morgan fingerprint density at radius 3 is 1.32 bits per heavy atom. The minimum atomic E-state index is -4.76. The number of aliphatic hydroxyl groups excluding tert-OH is 1. The molecule has 378 valence electrons. The van der Waals surface area contributed by atoms with E-state index in [1.165, 1.54) is 51.4 Å². The van der Waals surface area contributed by atoms with Gasteiger partial charge in [-0.1, -0.05) is 189 Å². The number of hydrogen-bond donors (Lipinski definition) is 2. The Bertz CT molecular complexity index is 1430. The van der Waals surface area contributed by atoms with E-state index < -0.39 is 64.4 Å². The maximum Gasteiger partial charge on any atom is 0.472 e. The van der Waals surface area contributed by atoms with Crippen LogP contribution in [0.2, 0.25) is 0 Å². The van der Waals surface area contributed by atoms with E-state index in [4.69, 9.17) is 23.3 Å². The lowest BCUT2D eigenvalue weighted by atomic mass is 10.1. The van der Waals surface area contributed by atoms with Crippen molar-refractivity contribution in [2.24, 2.45) is 0 Å². The predicted octanol–water partition coefficient (Wildman–Crippen LogP) is 14.4. The summed E-state index contributed by atoms with van der Waals surface area (Å²) in [6.07, 6.45) is 53.0. The molecule has 0 bridgehead atoms. The molecule has 3 atom stereocenters. The van der Waals surface area contributed by atoms with Gasteiger partial charge in [-0.2, -0.15) is 0 Å². The van der Waals surface area contributed by atoms with Crippen LogP contribution in [-0.4, -0.2) is 66.5 Å². The van der Waals surface area contributed by atoms with E-state index >= 15 is 0 Å². The van der Waals surface area contributed by atoms with Gasteiger partial charge in [-0.25, -0.2) is 4.57 Å². The van der Waals surface area contributed by atoms with E-state index in [-0.39, 0.29) is 19.3 Å². The number of aliphatic hydroxyl groups is 1. The van der Waals surface area contributed by atoms with Crippen LogP contribution in [0.1, 0.15) is 201 Å². The molecule has 2 N–H and O–H groups in total. The third-order valence-corrected chi connectivity index (χ3v) is 11.3. The summed E-state index contributed by atoms with van der Waals surface area (Å²) in [5.41, 5.74) is 0. The number of allylic oxidation sites excluding steroid dienone is 13. The monoisotopic (exact) mass is 947 g/mol. The van der Waals surface area contributed by atoms with Crippen LogP contribution in [0.25, 0.3) is 0 Å². The number of unbranched alkanes of at least 4 members (excludes halogenated alkanes) is 16. The zero-order valence-electron chi connectivity index (χ0n) is 41.4. The van der Waals surface area contributed by atoms with Crippen LogP contribution in [0.15, 0.2) is 85.1 Å². The van der Waals surface area contributed by atoms with Crippen molar-refractivity contribution >= 4 is 25.7 Å². The Hall–Kier alpha value is -3.34. The highest BCUT2D eigenvalue weighted by Gasteiger charge is 2.28. The number of rotatable bonds is 46. The Morgan fingerprint density at radius 1 is 0.455 bits per heavy atom. The molecule has 0 aliphatic rings. The van der Waals surface area contributed by atoms with Crippen LogP contribution in [0.4, 0.5) is 0 Å². The smallest absolute Gasteiger partial charge is 0.461 e. The molecular formula is C54H91O11P. The SMILES string of the molecule is CC/C=C\C/C=C\C/C=C\C/C=C\C/C=C\CC(=O)OCC(COP(=O)(O)OCC(CO)OC(=O)CCCCCCCCCCC)OC(=O)CCCCCCC/C=C\C/C=C\CCCCC. The molecule has 0 aromatic rings. The topological polar surface area (TPSA) is 155 Å². The minimum Gasteiger partial charge on any atom is -0.461 e. The first-order valence-corrected chi connectivity index (χ1v) is 27.0. The molecule has 0 saturated heterocycles. The Morgan fingerprint density at radius 2 is 0.833 bits per heavy atom. The summed E-state index contributed by atoms with van der Waals surface area (Å²) in [6, 6.07) is 0. The zero-order valence-corrected chi connectivity index (χ0v) is 42.3. The van der Waals surface area contributed by atoms with Crippen molar-refractivity contribution in [3.8, 4) is 0 Å². The molecule has 0 spiro atoms. The first kappa shape index (κ1) is 62.7. The summed E-state index contributed by atoms with van der Waals surface area (Å²) < 4.78 is 39.1. The van der Waals surface area contributed by atoms with E-state index in [1.807, 2.05) is 12.2 Å². The molecule has 12 heteroatoms. The van der Waals surface area contributed by atoms with Gasteiger partial charge in [-0.3, -0.25) is 23.4 Å². The second-order valence-electron chi connectivity index (χ2n) is 16.6. The summed E-state index contributed by atoms with van der Waals surface area (Å²) >= 11 is 0. The summed E-state index contributed by atoms with van der Waals surface area (Å²) in [7, 11) is -4.76. The van der Waals surface area contributed by atoms with Crippen LogP contribution < -0.4 is 0 Å². The number of esters is 3. The largest absolute Gasteiger partial charge is 0.472 e. The molecule has 66 heavy (non-hydrogen) atoms. The number of carbonyl (C=O) groups excluding carboxylic acids is 3. The lowest BCUT2D eigenvalue weighted by Gasteiger charge is -2.21. The first-order chi connectivity index (χ1) is 32.2. The van der Waals surface area contributed by atoms with E-state index in [0.29, 0.717) is 19.3 Å². The van der Waals surface area contributed by atoms with Gasteiger partial charge in [0.25, 0.3) is 0 Å². The number of carbonyl (C=O) groups is 3. The summed E-state index contributed by atoms with van der Waals surface area (Å²) in [6.45, 7) is 4.32. The molecule has 0 fully saturated rings. The number of ether oxygens (including phenoxy) is 3. The molecule has 0 aliphatic carbocycles. The van der Waals surface area contributed by atoms with Gasteiger partial charge < -0.3 is 24.2 Å². The normalized spacial score (nSPS) is 14.2. The summed E-state index contributed by atoms with van der Waals surface area (Å²) in [5.74, 6) is -1.64. The molecule has 3 unspecified atom stereocenters. The van der Waals surface area contributed by atoms with Gasteiger partial charge >= 0.3 is 25.7 Å². The molecule has 0 aliphatic heterocycles. The molecular weight excluding hydrogens is 856 g/mol. The van der Waals surface area contributed by atoms with Crippen molar-refractivity contribution in [2.75, 3.05) is 26.4 Å². The average molecular weight is 947 g/mol. The fourth-order valence-corrected chi connectivity index (χ4v) is 7.24. The van der Waals surface area contributed by atoms with Gasteiger partial charge in [0.1, 0.15) is 12.7 Å². The standard InChI is InChI=1S/C54H91O11P/c1-4-7-10-13-16-19-21-23-25-27-29-32-34-37-40-43-52(56)61-47-51(65-54(58)45-42-39-36-33-30-28-26-24-22-20-17-14-11-8-5-2)49-63-66(59,60)62-48-50(46-55)64-53(57)44-41-38-35-31-18-15-12-9-6-3/h7,10,16-17,19-20,23-26,29,32,37,40,50-51,55H,4-6,8-9,11-15,18,21-22,27-28,30-31,33-36,38-39,41-49H2,1-3H3,(H,59,60)/b10-7-,19-16-,20-17-,25-23-,26-24-,32-29-,40-37-. The molecule has 0 radical (unpaired) electrons. The number of phosphoric ester groups is 1. The summed E-state index contributed by atoms with van der Waals surface area (Å²) in [4.78, 5) is 48.1. The van der Waals surface area contributed by atoms with Gasteiger partial charge in [-0.05, 0) is 77.0 Å². The highest BCUT2D eigenvalue weighted by Crippen LogP contribution is 2.43. The molecule has 0 heterocycles. The van der Waals surface area contributed by atoms with E-state index in [0.717, 1.165) is 89.9 Å². The van der Waals surface area contributed by atoms with Crippen molar-refractivity contribution in [1.29, 1.82) is 0 Å². The summed E-state index contributed by atoms with van der Waals surface area (Å²) in [5, 5.41) is 9.74. The average Bonchev–Trinajstić information content (AvgIpc) is 3.30. The lowest BCUT2D eigenvalue weighted by molar-refractivity contribution is -0.161. The lowest BCUT2D eigenvalue weighted by Crippen LogP contribution is -2.30. The van der Waals surface area contributed by atoms with E-state index in [9.17, 15) is 28.9 Å². The van der Waals surface area contributed by atoms with E-state index in [2.05, 4.69) is 87.6 Å². The predicted molar refractivity (Wildman–Crippen MR) is 270 cm³/mol. The molecule has 11 nitrogen and oxygen atoms in total. The third-order valence-electron chi connectivity index (χ3n) is 10.3. The maximum atomic E-state index is 12.8. The highest BCUT2D eigenvalue weighted by molar-refractivity contribution is 7.47. The fourth-order valence-electron chi connectivity index (χ4n) is 6.46. The quantitative estimate of drug-likeness (QED) is 0.0197. The number of phosphoric acid groups is 1. The molecule has 0 aromatic carbocycles. The van der Waals surface area contributed by atoms with Crippen LogP contribution >= 0.6 is 7.82 Å². The third kappa shape index (κ3) is 45.8. The maximum absolute atomic E-state index is 12.8. The molecule has 0 rings (SSSR count). The van der Waals surface area contributed by atoms with Crippen molar-refractivity contribution in [1.82, 2.24) is 0 Å². The van der Waals surface area contributed by atoms with Crippen molar-refractivity contribution < 1.29 is 52.2 Å². The van der Waals surface area contributed by atoms with Gasteiger partial charge in [0.05, 0.1) is 26.2 Å². The van der Waals surface area contributed by atoms with Crippen molar-refractivity contribution in [2.45, 2.75) is 213 Å². The first-order valence-electron chi connectivity index (χ1n) is 25.5. The van der Waals surface area contributed by atoms with Crippen molar-refractivity contribution in [3.05, 3.63) is 85.1 Å². The van der Waals surface area contributed by atoms with Crippen LogP contribution in [0.3, 0.4) is 0 Å². The van der Waals surface area contributed by atoms with Crippen LogP contribution in [-0.2, 0) is 42.2 Å². The Balaban J connectivity index is 4.90. The minimum absolute atomic E-state index is 0.0109. The zero-order chi connectivity index (χ0) is 48.4. The van der Waals surface area contributed by atoms with Gasteiger partial charge in [0.15, 0.2) is 6.10 Å². The molecule has 0 amide bonds. The van der Waals surface area contributed by atoms with Gasteiger partial charge in [0.2, 0.25) is 0 Å². The van der Waals surface area contributed by atoms with Gasteiger partial charge in [0, 0.05) is 12.8 Å². The molecule has 0 aromatic heterocycles. The Kier molecular flexibility index (Phi) is 45.7. The van der Waals surface area contributed by atoms with Crippen LogP contribution in [0.5, 0.6) is 0 Å². The van der Waals surface area contributed by atoms with E-state index in [1.54, 1.807) is 6.08 Å². The van der Waals surface area contributed by atoms with Crippen LogP contribution in [0, 0.1) is 0 Å². The van der Waals surface area contributed by atoms with Crippen molar-refractivity contribution in [3.63, 3.8) is 0 Å². The van der Waals surface area contributed by atoms with Gasteiger partial charge in [-0.15, -0.1) is 0 Å². The Labute approximate surface area is 400 Å². The number of hydrogen-bond acceptors (Lipinski definition) is 10. The second kappa shape index (κ2) is 48.1. The highest BCUT2D eigenvalue weighted by atomic mass is 31.2. The molecule has 0 saturated carbocycles.